The Labute approximate surface area is 92.1 Å². The molecule has 0 aliphatic carbocycles. The van der Waals surface area contributed by atoms with Crippen LogP contribution in [0.1, 0.15) is 27.7 Å². The largest absolute Gasteiger partial charge is 0.371 e. The van der Waals surface area contributed by atoms with Gasteiger partial charge in [0.05, 0.1) is 30.6 Å². The van der Waals surface area contributed by atoms with Crippen molar-refractivity contribution in [3.05, 3.63) is 0 Å². The molecule has 0 radical (unpaired) electrons. The second-order valence-corrected chi connectivity index (χ2v) is 6.23. The predicted octanol–water partition coefficient (Wildman–Crippen LogP) is 0.494. The lowest BCUT2D eigenvalue weighted by Gasteiger charge is -2.28. The summed E-state index contributed by atoms with van der Waals surface area (Å²) in [6, 6.07) is -0.459. The molecule has 0 aromatic rings. The summed E-state index contributed by atoms with van der Waals surface area (Å²) in [5.41, 5.74) is 5.41. The molecule has 5 nitrogen and oxygen atoms in total. The van der Waals surface area contributed by atoms with Crippen LogP contribution < -0.4 is 5.73 Å². The van der Waals surface area contributed by atoms with Gasteiger partial charge in [-0.15, -0.1) is 0 Å². The Morgan fingerprint density at radius 2 is 1.80 bits per heavy atom. The van der Waals surface area contributed by atoms with E-state index >= 15 is 0 Å². The zero-order chi connectivity index (χ0) is 12.3. The molecule has 0 fully saturated rings. The lowest BCUT2D eigenvalue weighted by molar-refractivity contribution is -0.0654. The predicted molar refractivity (Wildman–Crippen MR) is 59.1 cm³/mol. The van der Waals surface area contributed by atoms with Crippen molar-refractivity contribution in [1.82, 2.24) is 0 Å². The molecule has 0 rings (SSSR count). The van der Waals surface area contributed by atoms with Crippen LogP contribution in [0.4, 0.5) is 0 Å². The molecule has 2 atom stereocenters. The standard InChI is InChI=1S/C9H21NO4S/c1-7(14-9(2,3)4)8(10)6-13-15(5,11)12/h7-8H,6,10H2,1-5H3/t7?,8-/m1/s1. The quantitative estimate of drug-likeness (QED) is 0.706. The maximum Gasteiger partial charge on any atom is 0.264 e. The number of hydrogen-bond acceptors (Lipinski definition) is 5. The highest BCUT2D eigenvalue weighted by molar-refractivity contribution is 7.85. The normalized spacial score (nSPS) is 17.5. The lowest BCUT2D eigenvalue weighted by Crippen LogP contribution is -2.42. The van der Waals surface area contributed by atoms with E-state index in [1.807, 2.05) is 20.8 Å². The first-order valence-corrected chi connectivity index (χ1v) is 6.61. The summed E-state index contributed by atoms with van der Waals surface area (Å²) in [6.07, 6.45) is 0.737. The Bertz CT molecular complexity index is 281. The summed E-state index contributed by atoms with van der Waals surface area (Å²) in [6.45, 7) is 7.46. The lowest BCUT2D eigenvalue weighted by atomic mass is 10.1. The first-order chi connectivity index (χ1) is 6.51. The van der Waals surface area contributed by atoms with Gasteiger partial charge in [-0.1, -0.05) is 0 Å². The van der Waals surface area contributed by atoms with Gasteiger partial charge in [0.25, 0.3) is 10.1 Å². The minimum absolute atomic E-state index is 0.0594. The molecule has 0 spiro atoms. The van der Waals surface area contributed by atoms with E-state index in [1.165, 1.54) is 0 Å². The summed E-state index contributed by atoms with van der Waals surface area (Å²) in [7, 11) is -3.43. The maximum absolute atomic E-state index is 10.7. The van der Waals surface area contributed by atoms with Crippen LogP contribution in [0, 0.1) is 0 Å². The molecule has 0 saturated heterocycles. The third-order valence-electron chi connectivity index (χ3n) is 1.62. The van der Waals surface area contributed by atoms with E-state index in [4.69, 9.17) is 10.5 Å². The van der Waals surface area contributed by atoms with Crippen molar-refractivity contribution >= 4 is 10.1 Å². The second kappa shape index (κ2) is 5.25. The van der Waals surface area contributed by atoms with Crippen molar-refractivity contribution in [3.8, 4) is 0 Å². The van der Waals surface area contributed by atoms with E-state index in [-0.39, 0.29) is 18.3 Å². The third kappa shape index (κ3) is 8.80. The second-order valence-electron chi connectivity index (χ2n) is 4.59. The molecule has 0 aliphatic heterocycles. The van der Waals surface area contributed by atoms with Crippen molar-refractivity contribution in [2.75, 3.05) is 12.9 Å². The van der Waals surface area contributed by atoms with Crippen LogP contribution in [0.3, 0.4) is 0 Å². The molecule has 6 heteroatoms. The SMILES string of the molecule is CC(OC(C)(C)C)[C@H](N)COS(C)(=O)=O. The minimum Gasteiger partial charge on any atom is -0.371 e. The molecule has 0 amide bonds. The topological polar surface area (TPSA) is 78.6 Å². The highest BCUT2D eigenvalue weighted by atomic mass is 32.2. The Morgan fingerprint density at radius 1 is 1.33 bits per heavy atom. The first kappa shape index (κ1) is 14.8. The highest BCUT2D eigenvalue weighted by Crippen LogP contribution is 2.12. The fourth-order valence-corrected chi connectivity index (χ4v) is 1.39. The summed E-state index contributed by atoms with van der Waals surface area (Å²) in [5, 5.41) is 0. The zero-order valence-corrected chi connectivity index (χ0v) is 10.8. The van der Waals surface area contributed by atoms with Gasteiger partial charge in [0.15, 0.2) is 0 Å². The third-order valence-corrected chi connectivity index (χ3v) is 2.18. The molecule has 15 heavy (non-hydrogen) atoms. The van der Waals surface area contributed by atoms with Crippen molar-refractivity contribution in [2.45, 2.75) is 45.4 Å². The van der Waals surface area contributed by atoms with Crippen LogP contribution >= 0.6 is 0 Å². The Kier molecular flexibility index (Phi) is 5.19. The summed E-state index contributed by atoms with van der Waals surface area (Å²) in [4.78, 5) is 0. The molecule has 0 aliphatic rings. The summed E-state index contributed by atoms with van der Waals surface area (Å²) >= 11 is 0. The van der Waals surface area contributed by atoms with Gasteiger partial charge >= 0.3 is 0 Å². The van der Waals surface area contributed by atoms with Crippen molar-refractivity contribution < 1.29 is 17.3 Å². The average molecular weight is 239 g/mol. The molecule has 0 heterocycles. The van der Waals surface area contributed by atoms with Crippen LogP contribution in [-0.4, -0.2) is 39.0 Å². The van der Waals surface area contributed by atoms with Crippen LogP contribution in [-0.2, 0) is 19.0 Å². The van der Waals surface area contributed by atoms with Gasteiger partial charge in [0.1, 0.15) is 0 Å². The van der Waals surface area contributed by atoms with Crippen LogP contribution in [0.5, 0.6) is 0 Å². The van der Waals surface area contributed by atoms with E-state index in [2.05, 4.69) is 4.18 Å². The van der Waals surface area contributed by atoms with E-state index < -0.39 is 16.2 Å². The van der Waals surface area contributed by atoms with Gasteiger partial charge in [0.2, 0.25) is 0 Å². The van der Waals surface area contributed by atoms with Crippen molar-refractivity contribution in [1.29, 1.82) is 0 Å². The monoisotopic (exact) mass is 239 g/mol. The molecule has 92 valence electrons. The van der Waals surface area contributed by atoms with Crippen LogP contribution in [0.2, 0.25) is 0 Å². The Hall–Kier alpha value is -0.170. The fourth-order valence-electron chi connectivity index (χ4n) is 0.983. The van der Waals surface area contributed by atoms with E-state index in [1.54, 1.807) is 6.92 Å². The number of ether oxygens (including phenoxy) is 1. The minimum atomic E-state index is -3.43. The molecular weight excluding hydrogens is 218 g/mol. The first-order valence-electron chi connectivity index (χ1n) is 4.79. The van der Waals surface area contributed by atoms with Crippen molar-refractivity contribution in [2.24, 2.45) is 5.73 Å². The molecule has 1 unspecified atom stereocenters. The Balaban J connectivity index is 4.06. The van der Waals surface area contributed by atoms with E-state index in [0.29, 0.717) is 0 Å². The average Bonchev–Trinajstić information content (AvgIpc) is 1.95. The van der Waals surface area contributed by atoms with Gasteiger partial charge in [-0.05, 0) is 27.7 Å². The number of nitrogens with two attached hydrogens (primary N) is 1. The van der Waals surface area contributed by atoms with Gasteiger partial charge in [-0.2, -0.15) is 8.42 Å². The summed E-state index contributed by atoms with van der Waals surface area (Å²) < 4.78 is 31.6. The van der Waals surface area contributed by atoms with Crippen molar-refractivity contribution in [3.63, 3.8) is 0 Å². The highest BCUT2D eigenvalue weighted by Gasteiger charge is 2.21. The Morgan fingerprint density at radius 3 is 2.13 bits per heavy atom. The van der Waals surface area contributed by atoms with Crippen LogP contribution in [0.15, 0.2) is 0 Å². The van der Waals surface area contributed by atoms with Crippen LogP contribution in [0.25, 0.3) is 0 Å². The number of rotatable bonds is 5. The van der Waals surface area contributed by atoms with Gasteiger partial charge < -0.3 is 10.5 Å². The van der Waals surface area contributed by atoms with Gasteiger partial charge in [-0.25, -0.2) is 0 Å². The summed E-state index contributed by atoms with van der Waals surface area (Å²) in [5.74, 6) is 0. The van der Waals surface area contributed by atoms with E-state index in [9.17, 15) is 8.42 Å². The molecule has 0 saturated carbocycles. The molecular formula is C9H21NO4S. The number of hydrogen-bond donors (Lipinski definition) is 1. The molecule has 0 aromatic carbocycles. The zero-order valence-electron chi connectivity index (χ0n) is 9.98. The maximum atomic E-state index is 10.7. The van der Waals surface area contributed by atoms with E-state index in [0.717, 1.165) is 6.26 Å². The fraction of sp³-hybridized carbons (Fsp3) is 1.00. The van der Waals surface area contributed by atoms with Gasteiger partial charge in [0, 0.05) is 0 Å². The smallest absolute Gasteiger partial charge is 0.264 e. The molecule has 0 aromatic heterocycles. The molecule has 0 bridgehead atoms. The molecule has 2 N–H and O–H groups in total. The van der Waals surface area contributed by atoms with Gasteiger partial charge in [-0.3, -0.25) is 4.18 Å².